The van der Waals surface area contributed by atoms with E-state index in [0.717, 1.165) is 12.1 Å². The molecule has 92 valence electrons. The van der Waals surface area contributed by atoms with Crippen LogP contribution in [0.25, 0.3) is 10.9 Å². The maximum absolute atomic E-state index is 13.4. The van der Waals surface area contributed by atoms with Crippen LogP contribution in [-0.4, -0.2) is 4.57 Å². The third-order valence-electron chi connectivity index (χ3n) is 2.57. The minimum absolute atomic E-state index is 0.432. The number of nitrogens with zero attached hydrogens (tertiary/aromatic N) is 1. The van der Waals surface area contributed by atoms with Crippen molar-refractivity contribution in [2.24, 2.45) is 0 Å². The lowest BCUT2D eigenvalue weighted by Gasteiger charge is -2.09. The van der Waals surface area contributed by atoms with Crippen LogP contribution in [0.2, 0.25) is 0 Å². The van der Waals surface area contributed by atoms with Gasteiger partial charge < -0.3 is 4.57 Å². The van der Waals surface area contributed by atoms with Gasteiger partial charge in [-0.05, 0) is 41.6 Å². The monoisotopic (exact) mass is 357 g/mol. The lowest BCUT2D eigenvalue weighted by molar-refractivity contribution is -0.139. The number of aromatic nitrogens is 1. The topological polar surface area (TPSA) is 4.93 Å². The smallest absolute Gasteiger partial charge is 0.347 e. The summed E-state index contributed by atoms with van der Waals surface area (Å²) in [5, 5.41) is 0.432. The van der Waals surface area contributed by atoms with Crippen LogP contribution in [0, 0.1) is 9.39 Å². The SMILES string of the molecule is CCn1cc(I)c2cc(C(F)(F)F)c(F)cc21. The quantitative estimate of drug-likeness (QED) is 0.526. The molecule has 0 aliphatic rings. The molecular formula is C11H8F4IN. The van der Waals surface area contributed by atoms with E-state index >= 15 is 0 Å². The third-order valence-corrected chi connectivity index (χ3v) is 3.43. The largest absolute Gasteiger partial charge is 0.419 e. The summed E-state index contributed by atoms with van der Waals surface area (Å²) in [7, 11) is 0. The maximum atomic E-state index is 13.4. The Kier molecular flexibility index (Phi) is 3.09. The number of aryl methyl sites for hydroxylation is 1. The molecule has 0 spiro atoms. The Balaban J connectivity index is 2.77. The number of benzene rings is 1. The van der Waals surface area contributed by atoms with Crippen LogP contribution < -0.4 is 0 Å². The van der Waals surface area contributed by atoms with Crippen molar-refractivity contribution in [3.8, 4) is 0 Å². The molecule has 1 heterocycles. The first-order valence-corrected chi connectivity index (χ1v) is 5.97. The minimum Gasteiger partial charge on any atom is -0.347 e. The minimum atomic E-state index is -4.66. The zero-order valence-electron chi connectivity index (χ0n) is 8.78. The molecule has 1 aromatic carbocycles. The molecule has 0 radical (unpaired) electrons. The molecule has 0 bridgehead atoms. The normalized spacial score (nSPS) is 12.4. The lowest BCUT2D eigenvalue weighted by atomic mass is 10.1. The summed E-state index contributed by atoms with van der Waals surface area (Å²) in [4.78, 5) is 0. The van der Waals surface area contributed by atoms with Gasteiger partial charge in [0.25, 0.3) is 0 Å². The molecule has 17 heavy (non-hydrogen) atoms. The number of halogens is 5. The lowest BCUT2D eigenvalue weighted by Crippen LogP contribution is -2.08. The van der Waals surface area contributed by atoms with Crippen LogP contribution >= 0.6 is 22.6 Å². The summed E-state index contributed by atoms with van der Waals surface area (Å²) in [6.07, 6.45) is -2.94. The second kappa shape index (κ2) is 4.15. The highest BCUT2D eigenvalue weighted by molar-refractivity contribution is 14.1. The van der Waals surface area contributed by atoms with Crippen molar-refractivity contribution in [3.05, 3.63) is 33.3 Å². The van der Waals surface area contributed by atoms with Gasteiger partial charge >= 0.3 is 6.18 Å². The fourth-order valence-corrected chi connectivity index (χ4v) is 2.51. The van der Waals surface area contributed by atoms with Gasteiger partial charge in [-0.15, -0.1) is 0 Å². The summed E-state index contributed by atoms with van der Waals surface area (Å²) < 4.78 is 53.5. The van der Waals surface area contributed by atoms with Gasteiger partial charge in [0.2, 0.25) is 0 Å². The molecule has 0 atom stereocenters. The Morgan fingerprint density at radius 1 is 1.29 bits per heavy atom. The molecule has 0 saturated heterocycles. The van der Waals surface area contributed by atoms with Gasteiger partial charge in [0.05, 0.1) is 11.1 Å². The van der Waals surface area contributed by atoms with Crippen molar-refractivity contribution in [2.45, 2.75) is 19.6 Å². The zero-order valence-corrected chi connectivity index (χ0v) is 10.9. The molecule has 1 nitrogen and oxygen atoms in total. The molecule has 0 aliphatic heterocycles. The number of hydrogen-bond donors (Lipinski definition) is 0. The highest BCUT2D eigenvalue weighted by atomic mass is 127. The zero-order chi connectivity index (χ0) is 12.8. The Morgan fingerprint density at radius 3 is 2.47 bits per heavy atom. The van der Waals surface area contributed by atoms with Gasteiger partial charge in [0, 0.05) is 21.7 Å². The molecule has 0 aliphatic carbocycles. The Morgan fingerprint density at radius 2 is 1.94 bits per heavy atom. The van der Waals surface area contributed by atoms with Crippen LogP contribution in [0.5, 0.6) is 0 Å². The second-order valence-corrected chi connectivity index (χ2v) is 4.77. The molecule has 1 aromatic heterocycles. The van der Waals surface area contributed by atoms with Crippen LogP contribution in [0.1, 0.15) is 12.5 Å². The Hall–Kier alpha value is -0.790. The van der Waals surface area contributed by atoms with Gasteiger partial charge in [0.1, 0.15) is 5.82 Å². The summed E-state index contributed by atoms with van der Waals surface area (Å²) in [6.45, 7) is 2.44. The van der Waals surface area contributed by atoms with Crippen molar-refractivity contribution in [1.82, 2.24) is 4.57 Å². The van der Waals surface area contributed by atoms with E-state index in [-0.39, 0.29) is 0 Å². The van der Waals surface area contributed by atoms with Gasteiger partial charge in [-0.1, -0.05) is 0 Å². The van der Waals surface area contributed by atoms with Gasteiger partial charge in [-0.3, -0.25) is 0 Å². The fourth-order valence-electron chi connectivity index (χ4n) is 1.75. The van der Waals surface area contributed by atoms with Crippen LogP contribution in [-0.2, 0) is 12.7 Å². The highest BCUT2D eigenvalue weighted by Gasteiger charge is 2.34. The molecule has 0 amide bonds. The Labute approximate surface area is 109 Å². The van der Waals surface area contributed by atoms with E-state index in [2.05, 4.69) is 0 Å². The van der Waals surface area contributed by atoms with Crippen molar-refractivity contribution in [1.29, 1.82) is 0 Å². The average Bonchev–Trinajstić information content (AvgIpc) is 2.52. The predicted molar refractivity (Wildman–Crippen MR) is 65.3 cm³/mol. The van der Waals surface area contributed by atoms with Crippen LogP contribution in [0.15, 0.2) is 18.3 Å². The summed E-state index contributed by atoms with van der Waals surface area (Å²) in [6, 6.07) is 1.82. The van der Waals surface area contributed by atoms with Gasteiger partial charge in [0.15, 0.2) is 0 Å². The van der Waals surface area contributed by atoms with E-state index in [4.69, 9.17) is 0 Å². The number of rotatable bonds is 1. The van der Waals surface area contributed by atoms with E-state index < -0.39 is 17.6 Å². The molecular weight excluding hydrogens is 349 g/mol. The van der Waals surface area contributed by atoms with Crippen LogP contribution in [0.4, 0.5) is 17.6 Å². The van der Waals surface area contributed by atoms with E-state index in [1.54, 1.807) is 10.8 Å². The van der Waals surface area contributed by atoms with E-state index in [0.29, 0.717) is 21.0 Å². The van der Waals surface area contributed by atoms with Crippen molar-refractivity contribution in [2.75, 3.05) is 0 Å². The van der Waals surface area contributed by atoms with E-state index in [1.807, 2.05) is 29.5 Å². The molecule has 2 aromatic rings. The first-order valence-electron chi connectivity index (χ1n) is 4.89. The van der Waals surface area contributed by atoms with Gasteiger partial charge in [-0.2, -0.15) is 13.2 Å². The first kappa shape index (κ1) is 12.7. The fraction of sp³-hybridized carbons (Fsp3) is 0.273. The number of alkyl halides is 3. The number of hydrogen-bond acceptors (Lipinski definition) is 0. The highest BCUT2D eigenvalue weighted by Crippen LogP contribution is 2.35. The van der Waals surface area contributed by atoms with Crippen molar-refractivity contribution >= 4 is 33.5 Å². The third kappa shape index (κ3) is 2.14. The maximum Gasteiger partial charge on any atom is 0.419 e. The van der Waals surface area contributed by atoms with Crippen LogP contribution in [0.3, 0.4) is 0 Å². The summed E-state index contributed by atoms with van der Waals surface area (Å²) >= 11 is 1.95. The second-order valence-electron chi connectivity index (χ2n) is 3.61. The summed E-state index contributed by atoms with van der Waals surface area (Å²) in [5.41, 5.74) is -0.723. The molecule has 0 unspecified atom stereocenters. The number of fused-ring (bicyclic) bond motifs is 1. The molecule has 2 rings (SSSR count). The Bertz CT molecular complexity index is 571. The molecule has 6 heteroatoms. The van der Waals surface area contributed by atoms with E-state index in [1.165, 1.54) is 0 Å². The van der Waals surface area contributed by atoms with Crippen molar-refractivity contribution < 1.29 is 17.6 Å². The molecule has 0 fully saturated rings. The van der Waals surface area contributed by atoms with E-state index in [9.17, 15) is 17.6 Å². The predicted octanol–water partition coefficient (Wildman–Crippen LogP) is 4.42. The van der Waals surface area contributed by atoms with Gasteiger partial charge in [-0.25, -0.2) is 4.39 Å². The molecule has 0 saturated carbocycles. The average molecular weight is 357 g/mol. The molecule has 0 N–H and O–H groups in total. The summed E-state index contributed by atoms with van der Waals surface area (Å²) in [5.74, 6) is -1.23. The van der Waals surface area contributed by atoms with Crippen molar-refractivity contribution in [3.63, 3.8) is 0 Å². The first-order chi connectivity index (χ1) is 7.84. The standard InChI is InChI=1S/C11H8F4IN/c1-2-17-5-9(16)6-3-7(11(13,14)15)8(12)4-10(6)17/h3-5H,2H2,1H3.